The zero-order valence-corrected chi connectivity index (χ0v) is 16.8. The molecule has 0 bridgehead atoms. The van der Waals surface area contributed by atoms with Gasteiger partial charge in [0.25, 0.3) is 0 Å². The monoisotopic (exact) mass is 394 g/mol. The van der Waals surface area contributed by atoms with Gasteiger partial charge in [-0.3, -0.25) is 0 Å². The first-order valence-corrected chi connectivity index (χ1v) is 10.6. The Labute approximate surface area is 180 Å². The van der Waals surface area contributed by atoms with E-state index in [9.17, 15) is 0 Å². The summed E-state index contributed by atoms with van der Waals surface area (Å²) < 4.78 is 6.26. The molecule has 1 heterocycles. The third-order valence-corrected chi connectivity index (χ3v) is 6.46. The van der Waals surface area contributed by atoms with Crippen LogP contribution in [-0.2, 0) is 0 Å². The van der Waals surface area contributed by atoms with Gasteiger partial charge < -0.3 is 4.42 Å². The summed E-state index contributed by atoms with van der Waals surface area (Å²) >= 11 is 0. The Morgan fingerprint density at radius 1 is 0.355 bits per heavy atom. The lowest BCUT2D eigenvalue weighted by molar-refractivity contribution is 0.669. The lowest BCUT2D eigenvalue weighted by atomic mass is 9.79. The standard InChI is InChI=1S/C30H18O/c1-2-10-20-19(9-1)21-11-3-4-13-23(21)25-17-18-28-30(26-15-7-8-16-27(26)31-28)29(25)24-14-6-5-12-22(20)24/h1-18H. The molecule has 0 saturated carbocycles. The largest absolute Gasteiger partial charge is 0.456 e. The molecular formula is C30H18O. The Balaban J connectivity index is 1.76. The average Bonchev–Trinajstić information content (AvgIpc) is 3.21. The zero-order valence-electron chi connectivity index (χ0n) is 16.8. The lowest BCUT2D eigenvalue weighted by Gasteiger charge is -2.23. The maximum atomic E-state index is 6.26. The molecule has 0 saturated heterocycles. The number of rotatable bonds is 0. The van der Waals surface area contributed by atoms with Gasteiger partial charge in [0.2, 0.25) is 0 Å². The number of hydrogen-bond donors (Lipinski definition) is 0. The van der Waals surface area contributed by atoms with Crippen molar-refractivity contribution in [1.82, 2.24) is 0 Å². The van der Waals surface area contributed by atoms with Crippen LogP contribution in [0, 0.1) is 0 Å². The van der Waals surface area contributed by atoms with Crippen LogP contribution in [0.25, 0.3) is 66.4 Å². The molecule has 0 atom stereocenters. The Morgan fingerprint density at radius 2 is 0.839 bits per heavy atom. The molecule has 5 aromatic carbocycles. The first-order chi connectivity index (χ1) is 15.4. The molecule has 0 fully saturated rings. The SMILES string of the molecule is c1ccc2c(c1)-c1ccccc1-c1ccc3oc4ccccc4c3c1-c1ccccc1-2. The third-order valence-electron chi connectivity index (χ3n) is 6.46. The molecule has 1 aromatic heterocycles. The first-order valence-electron chi connectivity index (χ1n) is 10.6. The molecule has 31 heavy (non-hydrogen) atoms. The summed E-state index contributed by atoms with van der Waals surface area (Å²) in [6.45, 7) is 0. The number of benzene rings is 5. The summed E-state index contributed by atoms with van der Waals surface area (Å²) in [5, 5.41) is 2.35. The molecule has 1 aliphatic carbocycles. The van der Waals surface area contributed by atoms with E-state index < -0.39 is 0 Å². The summed E-state index contributed by atoms with van der Waals surface area (Å²) in [4.78, 5) is 0. The second kappa shape index (κ2) is 6.20. The normalized spacial score (nSPS) is 11.9. The predicted octanol–water partition coefficient (Wildman–Crippen LogP) is 8.57. The molecule has 0 spiro atoms. The zero-order chi connectivity index (χ0) is 20.4. The summed E-state index contributed by atoms with van der Waals surface area (Å²) in [5.74, 6) is 0. The number of para-hydroxylation sites is 1. The van der Waals surface area contributed by atoms with Gasteiger partial charge in [0.05, 0.1) is 0 Å². The van der Waals surface area contributed by atoms with Gasteiger partial charge in [-0.25, -0.2) is 0 Å². The van der Waals surface area contributed by atoms with E-state index in [4.69, 9.17) is 4.42 Å². The van der Waals surface area contributed by atoms with Gasteiger partial charge in [0.15, 0.2) is 0 Å². The van der Waals surface area contributed by atoms with Crippen molar-refractivity contribution >= 4 is 21.9 Å². The number of hydrogen-bond acceptors (Lipinski definition) is 1. The minimum absolute atomic E-state index is 0.930. The van der Waals surface area contributed by atoms with E-state index in [1.165, 1.54) is 49.9 Å². The maximum Gasteiger partial charge on any atom is 0.136 e. The number of furan rings is 1. The number of fused-ring (bicyclic) bond motifs is 12. The lowest BCUT2D eigenvalue weighted by Crippen LogP contribution is -1.97. The van der Waals surface area contributed by atoms with Crippen LogP contribution in [0.2, 0.25) is 0 Å². The van der Waals surface area contributed by atoms with Crippen molar-refractivity contribution in [3.05, 3.63) is 109 Å². The van der Waals surface area contributed by atoms with Gasteiger partial charge in [-0.15, -0.1) is 0 Å². The molecule has 0 aliphatic heterocycles. The smallest absolute Gasteiger partial charge is 0.136 e. The molecular weight excluding hydrogens is 376 g/mol. The van der Waals surface area contributed by atoms with Crippen molar-refractivity contribution in [2.45, 2.75) is 0 Å². The van der Waals surface area contributed by atoms with E-state index in [1.807, 2.05) is 6.07 Å². The van der Waals surface area contributed by atoms with E-state index >= 15 is 0 Å². The van der Waals surface area contributed by atoms with Gasteiger partial charge in [-0.1, -0.05) is 91.0 Å². The molecule has 1 aliphatic rings. The molecule has 0 radical (unpaired) electrons. The molecule has 1 heteroatoms. The molecule has 0 amide bonds. The van der Waals surface area contributed by atoms with Crippen LogP contribution in [-0.4, -0.2) is 0 Å². The minimum Gasteiger partial charge on any atom is -0.456 e. The quantitative estimate of drug-likeness (QED) is 0.251. The Morgan fingerprint density at radius 3 is 1.48 bits per heavy atom. The predicted molar refractivity (Wildman–Crippen MR) is 129 cm³/mol. The van der Waals surface area contributed by atoms with Crippen LogP contribution in [0.15, 0.2) is 114 Å². The van der Waals surface area contributed by atoms with E-state index in [-0.39, 0.29) is 0 Å². The highest BCUT2D eigenvalue weighted by atomic mass is 16.3. The Bertz CT molecular complexity index is 1630. The summed E-state index contributed by atoms with van der Waals surface area (Å²) in [7, 11) is 0. The van der Waals surface area contributed by atoms with Crippen LogP contribution in [0.5, 0.6) is 0 Å². The molecule has 1 nitrogen and oxygen atoms in total. The fourth-order valence-corrected chi connectivity index (χ4v) is 5.16. The van der Waals surface area contributed by atoms with Crippen LogP contribution in [0.1, 0.15) is 0 Å². The van der Waals surface area contributed by atoms with Crippen LogP contribution in [0.3, 0.4) is 0 Å². The van der Waals surface area contributed by atoms with E-state index in [2.05, 4.69) is 103 Å². The summed E-state index contributed by atoms with van der Waals surface area (Å²) in [6, 6.07) is 39.0. The third kappa shape index (κ3) is 2.26. The van der Waals surface area contributed by atoms with E-state index in [0.717, 1.165) is 16.6 Å². The molecule has 0 unspecified atom stereocenters. The summed E-state index contributed by atoms with van der Waals surface area (Å²) in [5.41, 5.74) is 11.9. The Kier molecular flexibility index (Phi) is 3.33. The van der Waals surface area contributed by atoms with Crippen molar-refractivity contribution in [1.29, 1.82) is 0 Å². The van der Waals surface area contributed by atoms with E-state index in [0.29, 0.717) is 0 Å². The van der Waals surface area contributed by atoms with Crippen LogP contribution in [0.4, 0.5) is 0 Å². The second-order valence-electron chi connectivity index (χ2n) is 8.10. The second-order valence-corrected chi connectivity index (χ2v) is 8.10. The highest BCUT2D eigenvalue weighted by molar-refractivity contribution is 6.19. The van der Waals surface area contributed by atoms with Crippen LogP contribution >= 0.6 is 0 Å². The topological polar surface area (TPSA) is 13.1 Å². The maximum absolute atomic E-state index is 6.26. The average molecular weight is 394 g/mol. The van der Waals surface area contributed by atoms with Crippen molar-refractivity contribution in [2.24, 2.45) is 0 Å². The van der Waals surface area contributed by atoms with Crippen molar-refractivity contribution in [3.8, 4) is 44.5 Å². The minimum atomic E-state index is 0.930. The van der Waals surface area contributed by atoms with Crippen molar-refractivity contribution in [2.75, 3.05) is 0 Å². The Hall–Kier alpha value is -4.10. The van der Waals surface area contributed by atoms with Gasteiger partial charge in [-0.2, -0.15) is 0 Å². The van der Waals surface area contributed by atoms with Crippen molar-refractivity contribution in [3.63, 3.8) is 0 Å². The highest BCUT2D eigenvalue weighted by Gasteiger charge is 2.24. The van der Waals surface area contributed by atoms with Gasteiger partial charge >= 0.3 is 0 Å². The van der Waals surface area contributed by atoms with Gasteiger partial charge in [0.1, 0.15) is 11.2 Å². The van der Waals surface area contributed by atoms with Crippen LogP contribution < -0.4 is 0 Å². The van der Waals surface area contributed by atoms with E-state index in [1.54, 1.807) is 0 Å². The highest BCUT2D eigenvalue weighted by Crippen LogP contribution is 2.50. The van der Waals surface area contributed by atoms with Crippen molar-refractivity contribution < 1.29 is 4.42 Å². The first kappa shape index (κ1) is 16.7. The fraction of sp³-hybridized carbons (Fsp3) is 0. The molecule has 0 N–H and O–H groups in total. The molecule has 144 valence electrons. The molecule has 6 aromatic rings. The fourth-order valence-electron chi connectivity index (χ4n) is 5.16. The molecule has 7 rings (SSSR count). The van der Waals surface area contributed by atoms with Gasteiger partial charge in [0, 0.05) is 16.3 Å². The summed E-state index contributed by atoms with van der Waals surface area (Å²) in [6.07, 6.45) is 0. The van der Waals surface area contributed by atoms with Gasteiger partial charge in [-0.05, 0) is 57.1 Å².